The minimum Gasteiger partial charge on any atom is -0.310 e. The molecule has 0 amide bonds. The summed E-state index contributed by atoms with van der Waals surface area (Å²) < 4.78 is 26.7. The lowest BCUT2D eigenvalue weighted by atomic mass is 10.1. The van der Waals surface area contributed by atoms with Crippen molar-refractivity contribution in [1.82, 2.24) is 9.62 Å². The van der Waals surface area contributed by atoms with E-state index in [9.17, 15) is 8.42 Å². The van der Waals surface area contributed by atoms with Crippen LogP contribution in [0.4, 0.5) is 0 Å². The van der Waals surface area contributed by atoms with Gasteiger partial charge in [-0.3, -0.25) is 0 Å². The Bertz CT molecular complexity index is 592. The van der Waals surface area contributed by atoms with Crippen molar-refractivity contribution in [2.75, 3.05) is 7.05 Å². The van der Waals surface area contributed by atoms with E-state index in [2.05, 4.69) is 26.1 Å². The van der Waals surface area contributed by atoms with Crippen LogP contribution in [0.25, 0.3) is 0 Å². The molecule has 0 aromatic heterocycles. The fourth-order valence-electron chi connectivity index (χ4n) is 2.39. The van der Waals surface area contributed by atoms with Crippen molar-refractivity contribution in [2.45, 2.75) is 63.6 Å². The zero-order valence-corrected chi connectivity index (χ0v) is 14.2. The number of hydrogen-bond acceptors (Lipinski definition) is 3. The first-order chi connectivity index (χ1) is 9.86. The van der Waals surface area contributed by atoms with E-state index in [0.717, 1.165) is 24.8 Å². The zero-order chi connectivity index (χ0) is 15.6. The molecular formula is C16H26N2O2S. The first-order valence-electron chi connectivity index (χ1n) is 7.69. The fraction of sp³-hybridized carbons (Fsp3) is 0.625. The molecule has 1 aromatic carbocycles. The Morgan fingerprint density at radius 3 is 2.48 bits per heavy atom. The number of nitrogens with one attached hydrogen (secondary N) is 1. The molecule has 0 saturated heterocycles. The minimum atomic E-state index is -3.36. The van der Waals surface area contributed by atoms with Crippen molar-refractivity contribution in [1.29, 1.82) is 0 Å². The molecule has 5 heteroatoms. The first kappa shape index (κ1) is 16.5. The van der Waals surface area contributed by atoms with Gasteiger partial charge in [-0.1, -0.05) is 26.8 Å². The summed E-state index contributed by atoms with van der Waals surface area (Å²) in [4.78, 5) is 0.412. The number of hydrogen-bond donors (Lipinski definition) is 1. The van der Waals surface area contributed by atoms with E-state index in [1.165, 1.54) is 9.87 Å². The number of nitrogens with zero attached hydrogens (tertiary/aromatic N) is 1. The maximum Gasteiger partial charge on any atom is 0.243 e. The van der Waals surface area contributed by atoms with Crippen LogP contribution in [-0.4, -0.2) is 31.9 Å². The second-order valence-corrected chi connectivity index (χ2v) is 8.07. The SMILES string of the molecule is CCc1ccc(S(=O)(=O)N(C)C2CC2)cc1CNC(C)C. The summed E-state index contributed by atoms with van der Waals surface area (Å²) >= 11 is 0. The minimum absolute atomic E-state index is 0.193. The van der Waals surface area contributed by atoms with Crippen LogP contribution in [0, 0.1) is 0 Å². The summed E-state index contributed by atoms with van der Waals surface area (Å²) in [5.41, 5.74) is 2.28. The molecule has 118 valence electrons. The quantitative estimate of drug-likeness (QED) is 0.842. The molecule has 0 spiro atoms. The van der Waals surface area contributed by atoms with Gasteiger partial charge in [-0.05, 0) is 42.5 Å². The molecule has 1 aliphatic rings. The average Bonchev–Trinajstić information content (AvgIpc) is 3.28. The Labute approximate surface area is 128 Å². The Morgan fingerprint density at radius 2 is 1.95 bits per heavy atom. The summed E-state index contributed by atoms with van der Waals surface area (Å²) in [6.45, 7) is 6.98. The second-order valence-electron chi connectivity index (χ2n) is 6.07. The van der Waals surface area contributed by atoms with Crippen molar-refractivity contribution >= 4 is 10.0 Å². The molecule has 0 aliphatic heterocycles. The molecule has 0 unspecified atom stereocenters. The van der Waals surface area contributed by atoms with E-state index in [1.54, 1.807) is 13.1 Å². The van der Waals surface area contributed by atoms with Gasteiger partial charge < -0.3 is 5.32 Å². The third kappa shape index (κ3) is 3.84. The lowest BCUT2D eigenvalue weighted by Gasteiger charge is -2.18. The van der Waals surface area contributed by atoms with Gasteiger partial charge in [0.05, 0.1) is 4.90 Å². The molecule has 4 nitrogen and oxygen atoms in total. The van der Waals surface area contributed by atoms with Crippen molar-refractivity contribution in [3.05, 3.63) is 29.3 Å². The Balaban J connectivity index is 2.29. The molecule has 1 saturated carbocycles. The van der Waals surface area contributed by atoms with Gasteiger partial charge in [0, 0.05) is 25.7 Å². The molecule has 1 N–H and O–H groups in total. The van der Waals surface area contributed by atoms with E-state index >= 15 is 0 Å². The van der Waals surface area contributed by atoms with Crippen molar-refractivity contribution in [3.8, 4) is 0 Å². The monoisotopic (exact) mass is 310 g/mol. The third-order valence-corrected chi connectivity index (χ3v) is 5.90. The second kappa shape index (κ2) is 6.46. The normalized spacial score (nSPS) is 15.9. The van der Waals surface area contributed by atoms with E-state index in [4.69, 9.17) is 0 Å². The molecule has 1 aliphatic carbocycles. The molecule has 0 radical (unpaired) electrons. The highest BCUT2D eigenvalue weighted by atomic mass is 32.2. The molecule has 1 fully saturated rings. The molecule has 21 heavy (non-hydrogen) atoms. The van der Waals surface area contributed by atoms with Crippen LogP contribution in [-0.2, 0) is 23.0 Å². The third-order valence-electron chi connectivity index (χ3n) is 4.00. The van der Waals surface area contributed by atoms with Gasteiger partial charge >= 0.3 is 0 Å². The highest BCUT2D eigenvalue weighted by Crippen LogP contribution is 2.31. The zero-order valence-electron chi connectivity index (χ0n) is 13.4. The predicted octanol–water partition coefficient (Wildman–Crippen LogP) is 2.53. The van der Waals surface area contributed by atoms with Crippen LogP contribution < -0.4 is 5.32 Å². The number of sulfonamides is 1. The average molecular weight is 310 g/mol. The van der Waals surface area contributed by atoms with Crippen molar-refractivity contribution in [3.63, 3.8) is 0 Å². The van der Waals surface area contributed by atoms with Gasteiger partial charge in [-0.2, -0.15) is 4.31 Å². The molecular weight excluding hydrogens is 284 g/mol. The van der Waals surface area contributed by atoms with Crippen LogP contribution >= 0.6 is 0 Å². The van der Waals surface area contributed by atoms with Gasteiger partial charge in [0.15, 0.2) is 0 Å². The predicted molar refractivity (Wildman–Crippen MR) is 85.8 cm³/mol. The van der Waals surface area contributed by atoms with E-state index in [1.807, 2.05) is 12.1 Å². The van der Waals surface area contributed by atoms with E-state index < -0.39 is 10.0 Å². The molecule has 0 heterocycles. The van der Waals surface area contributed by atoms with Crippen LogP contribution in [0.15, 0.2) is 23.1 Å². The van der Waals surface area contributed by atoms with Gasteiger partial charge in [-0.25, -0.2) is 8.42 Å². The maximum absolute atomic E-state index is 12.6. The fourth-order valence-corrected chi connectivity index (χ4v) is 3.85. The highest BCUT2D eigenvalue weighted by molar-refractivity contribution is 7.89. The number of aryl methyl sites for hydroxylation is 1. The molecule has 0 bridgehead atoms. The van der Waals surface area contributed by atoms with Gasteiger partial charge in [0.2, 0.25) is 10.0 Å². The van der Waals surface area contributed by atoms with Gasteiger partial charge in [0.1, 0.15) is 0 Å². The lowest BCUT2D eigenvalue weighted by Crippen LogP contribution is -2.29. The summed E-state index contributed by atoms with van der Waals surface area (Å²) in [5, 5.41) is 3.37. The Kier molecular flexibility index (Phi) is 5.07. The van der Waals surface area contributed by atoms with Gasteiger partial charge in [-0.15, -0.1) is 0 Å². The molecule has 2 rings (SSSR count). The first-order valence-corrected chi connectivity index (χ1v) is 9.13. The Morgan fingerprint density at radius 1 is 1.29 bits per heavy atom. The summed E-state index contributed by atoms with van der Waals surface area (Å²) in [6.07, 6.45) is 2.86. The van der Waals surface area contributed by atoms with Crippen LogP contribution in [0.2, 0.25) is 0 Å². The topological polar surface area (TPSA) is 49.4 Å². The largest absolute Gasteiger partial charge is 0.310 e. The van der Waals surface area contributed by atoms with E-state index in [-0.39, 0.29) is 6.04 Å². The molecule has 0 atom stereocenters. The lowest BCUT2D eigenvalue weighted by molar-refractivity contribution is 0.464. The smallest absolute Gasteiger partial charge is 0.243 e. The van der Waals surface area contributed by atoms with Gasteiger partial charge in [0.25, 0.3) is 0 Å². The summed E-state index contributed by atoms with van der Waals surface area (Å²) in [5.74, 6) is 0. The van der Waals surface area contributed by atoms with Crippen LogP contribution in [0.1, 0.15) is 44.7 Å². The standard InChI is InChI=1S/C16H26N2O2S/c1-5-13-6-9-16(10-14(13)11-17-12(2)3)21(19,20)18(4)15-7-8-15/h6,9-10,12,15,17H,5,7-8,11H2,1-4H3. The molecule has 1 aromatic rings. The Hall–Kier alpha value is -0.910. The number of benzene rings is 1. The van der Waals surface area contributed by atoms with Crippen LogP contribution in [0.3, 0.4) is 0 Å². The van der Waals surface area contributed by atoms with Crippen LogP contribution in [0.5, 0.6) is 0 Å². The maximum atomic E-state index is 12.6. The summed E-state index contributed by atoms with van der Waals surface area (Å²) in [7, 11) is -1.67. The van der Waals surface area contributed by atoms with E-state index in [0.29, 0.717) is 17.5 Å². The van der Waals surface area contributed by atoms with Crippen molar-refractivity contribution in [2.24, 2.45) is 0 Å². The summed E-state index contributed by atoms with van der Waals surface area (Å²) in [6, 6.07) is 6.10. The highest BCUT2D eigenvalue weighted by Gasteiger charge is 2.35. The van der Waals surface area contributed by atoms with Crippen molar-refractivity contribution < 1.29 is 8.42 Å². The number of rotatable bonds is 7.